The van der Waals surface area contributed by atoms with Crippen LogP contribution in [0.25, 0.3) is 0 Å². The van der Waals surface area contributed by atoms with Gasteiger partial charge in [-0.05, 0) is 44.2 Å². The Bertz CT molecular complexity index is 963. The van der Waals surface area contributed by atoms with Gasteiger partial charge in [-0.3, -0.25) is 14.4 Å². The van der Waals surface area contributed by atoms with Crippen molar-refractivity contribution in [2.24, 2.45) is 11.8 Å². The highest BCUT2D eigenvalue weighted by molar-refractivity contribution is 6.34. The molecule has 2 N–H and O–H groups in total. The molecule has 3 saturated heterocycles. The number of ether oxygens (including phenoxy) is 1. The predicted octanol–water partition coefficient (Wildman–Crippen LogP) is 2.40. The van der Waals surface area contributed by atoms with Crippen molar-refractivity contribution >= 4 is 35.1 Å². The summed E-state index contributed by atoms with van der Waals surface area (Å²) in [5.74, 6) is -3.68. The maximum absolute atomic E-state index is 14.2. The van der Waals surface area contributed by atoms with E-state index >= 15 is 0 Å². The summed E-state index contributed by atoms with van der Waals surface area (Å²) in [5.41, 5.74) is 0.146. The average molecular weight is 477 g/mol. The number of carbonyl (C=O) groups is 3. The Morgan fingerprint density at radius 3 is 2.79 bits per heavy atom. The molecule has 33 heavy (non-hydrogen) atoms. The molecule has 2 amide bonds. The molecule has 9 heteroatoms. The van der Waals surface area contributed by atoms with Gasteiger partial charge < -0.3 is 24.7 Å². The number of amides is 2. The number of carbonyl (C=O) groups excluding carboxylic acids is 2. The minimum Gasteiger partial charge on any atom is -0.481 e. The van der Waals surface area contributed by atoms with Crippen LogP contribution in [0.2, 0.25) is 5.02 Å². The molecule has 5 atom stereocenters. The lowest BCUT2D eigenvalue weighted by atomic mass is 9.70. The molecule has 3 fully saturated rings. The Labute approximate surface area is 197 Å². The molecule has 1 spiro atoms. The summed E-state index contributed by atoms with van der Waals surface area (Å²) in [6.45, 7) is 6.00. The number of aliphatic carboxylic acids is 1. The third-order valence-corrected chi connectivity index (χ3v) is 7.47. The Morgan fingerprint density at radius 1 is 1.39 bits per heavy atom. The number of aliphatic hydroxyl groups is 1. The van der Waals surface area contributed by atoms with E-state index in [1.807, 2.05) is 13.0 Å². The van der Waals surface area contributed by atoms with Gasteiger partial charge in [0.2, 0.25) is 5.91 Å². The second kappa shape index (κ2) is 9.08. The number of aliphatic hydroxyl groups excluding tert-OH is 1. The first-order valence-electron chi connectivity index (χ1n) is 11.3. The third kappa shape index (κ3) is 3.64. The van der Waals surface area contributed by atoms with Gasteiger partial charge in [-0.25, -0.2) is 0 Å². The highest BCUT2D eigenvalue weighted by Crippen LogP contribution is 2.58. The number of hydrogen-bond acceptors (Lipinski definition) is 5. The number of hydrogen-bond donors (Lipinski definition) is 2. The molecule has 0 saturated carbocycles. The molecule has 1 aromatic rings. The van der Waals surface area contributed by atoms with Crippen LogP contribution in [-0.2, 0) is 19.1 Å². The number of halogens is 1. The fraction of sp³-hybridized carbons (Fsp3) is 0.542. The highest BCUT2D eigenvalue weighted by Gasteiger charge is 2.74. The number of aryl methyl sites for hydroxylation is 1. The minimum absolute atomic E-state index is 0.0348. The van der Waals surface area contributed by atoms with Crippen LogP contribution in [0.4, 0.5) is 5.69 Å². The van der Waals surface area contributed by atoms with Crippen molar-refractivity contribution in [3.05, 3.63) is 41.4 Å². The van der Waals surface area contributed by atoms with Gasteiger partial charge in [0, 0.05) is 19.7 Å². The van der Waals surface area contributed by atoms with E-state index in [0.717, 1.165) is 5.56 Å². The standard InChI is InChI=1S/C24H29ClN2O6/c1-3-11-26(19-14(2)7-6-8-15(19)25)22(30)20-24-10-9-16(33-24)17(23(31)32)18(24)21(29)27(20)12-4-5-13-28/h3,6-8,16-18,20,28H,1,4-5,9-13H2,2H3,(H,31,32)/t16-,17+,18+,20-,24+/m0/s1. The Balaban J connectivity index is 1.79. The van der Waals surface area contributed by atoms with E-state index in [-0.39, 0.29) is 31.5 Å². The molecule has 2 bridgehead atoms. The van der Waals surface area contributed by atoms with Crippen LogP contribution in [0.1, 0.15) is 31.2 Å². The highest BCUT2D eigenvalue weighted by atomic mass is 35.5. The molecule has 0 radical (unpaired) electrons. The molecule has 3 aliphatic rings. The van der Waals surface area contributed by atoms with Gasteiger partial charge >= 0.3 is 5.97 Å². The zero-order valence-corrected chi connectivity index (χ0v) is 19.3. The van der Waals surface area contributed by atoms with Gasteiger partial charge in [0.15, 0.2) is 0 Å². The van der Waals surface area contributed by atoms with E-state index in [0.29, 0.717) is 36.4 Å². The summed E-state index contributed by atoms with van der Waals surface area (Å²) >= 11 is 6.49. The average Bonchev–Trinajstić information content (AvgIpc) is 3.40. The van der Waals surface area contributed by atoms with E-state index in [1.54, 1.807) is 18.2 Å². The SMILES string of the molecule is C=CCN(C(=O)[C@@H]1N(CCCCO)C(=O)[C@H]2[C@H](C(=O)O)[C@@H]3CC[C@]12O3)c1c(C)cccc1Cl. The van der Waals surface area contributed by atoms with E-state index in [4.69, 9.17) is 16.3 Å². The van der Waals surface area contributed by atoms with Gasteiger partial charge in [0.1, 0.15) is 11.6 Å². The Hall–Kier alpha value is -2.42. The molecule has 1 aromatic carbocycles. The fourth-order valence-corrected chi connectivity index (χ4v) is 6.21. The first-order valence-corrected chi connectivity index (χ1v) is 11.7. The number of carboxylic acid groups (broad SMARTS) is 1. The van der Waals surface area contributed by atoms with Crippen molar-refractivity contribution in [2.75, 3.05) is 24.6 Å². The molecular weight excluding hydrogens is 448 g/mol. The van der Waals surface area contributed by atoms with Crippen molar-refractivity contribution in [3.8, 4) is 0 Å². The number of rotatable bonds is 9. The number of unbranched alkanes of at least 4 members (excludes halogenated alkanes) is 1. The molecule has 4 rings (SSSR count). The summed E-state index contributed by atoms with van der Waals surface area (Å²) in [4.78, 5) is 42.8. The molecule has 178 valence electrons. The second-order valence-electron chi connectivity index (χ2n) is 9.00. The molecular formula is C24H29ClN2O6. The number of anilines is 1. The summed E-state index contributed by atoms with van der Waals surface area (Å²) in [6.07, 6.45) is 2.89. The lowest BCUT2D eigenvalue weighted by molar-refractivity contribution is -0.149. The van der Waals surface area contributed by atoms with E-state index in [9.17, 15) is 24.6 Å². The summed E-state index contributed by atoms with van der Waals surface area (Å²) in [6, 6.07) is 4.37. The smallest absolute Gasteiger partial charge is 0.310 e. The zero-order valence-electron chi connectivity index (χ0n) is 18.6. The number of para-hydroxylation sites is 1. The molecule has 8 nitrogen and oxygen atoms in total. The van der Waals surface area contributed by atoms with Crippen LogP contribution in [0.3, 0.4) is 0 Å². The zero-order chi connectivity index (χ0) is 23.9. The Morgan fingerprint density at radius 2 is 2.15 bits per heavy atom. The van der Waals surface area contributed by atoms with Crippen molar-refractivity contribution < 1.29 is 29.3 Å². The molecule has 0 unspecified atom stereocenters. The number of carboxylic acids is 1. The predicted molar refractivity (Wildman–Crippen MR) is 122 cm³/mol. The van der Waals surface area contributed by atoms with Crippen LogP contribution < -0.4 is 4.90 Å². The van der Waals surface area contributed by atoms with E-state index in [2.05, 4.69) is 6.58 Å². The van der Waals surface area contributed by atoms with Crippen molar-refractivity contribution in [1.82, 2.24) is 4.90 Å². The van der Waals surface area contributed by atoms with Crippen LogP contribution in [0, 0.1) is 18.8 Å². The third-order valence-electron chi connectivity index (χ3n) is 7.16. The lowest BCUT2D eigenvalue weighted by Gasteiger charge is -2.37. The monoisotopic (exact) mass is 476 g/mol. The van der Waals surface area contributed by atoms with Crippen molar-refractivity contribution in [1.29, 1.82) is 0 Å². The Kier molecular flexibility index (Phi) is 6.53. The first kappa shape index (κ1) is 23.7. The second-order valence-corrected chi connectivity index (χ2v) is 9.41. The van der Waals surface area contributed by atoms with Crippen LogP contribution in [-0.4, -0.2) is 70.3 Å². The number of benzene rings is 1. The van der Waals surface area contributed by atoms with Gasteiger partial charge in [-0.1, -0.05) is 29.8 Å². The van der Waals surface area contributed by atoms with Crippen molar-refractivity contribution in [2.45, 2.75) is 50.4 Å². The lowest BCUT2D eigenvalue weighted by Crippen LogP contribution is -2.56. The van der Waals surface area contributed by atoms with Gasteiger partial charge in [-0.2, -0.15) is 0 Å². The van der Waals surface area contributed by atoms with Gasteiger partial charge in [0.25, 0.3) is 5.91 Å². The first-order chi connectivity index (χ1) is 15.8. The van der Waals surface area contributed by atoms with Crippen molar-refractivity contribution in [3.63, 3.8) is 0 Å². The summed E-state index contributed by atoms with van der Waals surface area (Å²) in [5, 5.41) is 19.5. The topological polar surface area (TPSA) is 107 Å². The maximum atomic E-state index is 14.2. The number of fused-ring (bicyclic) bond motifs is 1. The summed E-state index contributed by atoms with van der Waals surface area (Å²) < 4.78 is 6.22. The fourth-order valence-electron chi connectivity index (χ4n) is 5.88. The van der Waals surface area contributed by atoms with E-state index < -0.39 is 35.6 Å². The van der Waals surface area contributed by atoms with Crippen LogP contribution >= 0.6 is 11.6 Å². The molecule has 3 heterocycles. The maximum Gasteiger partial charge on any atom is 0.310 e. The normalized spacial score (nSPS) is 29.9. The minimum atomic E-state index is -1.18. The quantitative estimate of drug-likeness (QED) is 0.418. The van der Waals surface area contributed by atoms with Gasteiger partial charge in [-0.15, -0.1) is 6.58 Å². The molecule has 0 aliphatic carbocycles. The molecule has 3 aliphatic heterocycles. The largest absolute Gasteiger partial charge is 0.481 e. The van der Waals surface area contributed by atoms with Gasteiger partial charge in [0.05, 0.1) is 28.6 Å². The molecule has 0 aromatic heterocycles. The number of nitrogens with zero attached hydrogens (tertiary/aromatic N) is 2. The number of likely N-dealkylation sites (tertiary alicyclic amines) is 1. The van der Waals surface area contributed by atoms with Crippen LogP contribution in [0.5, 0.6) is 0 Å². The van der Waals surface area contributed by atoms with E-state index in [1.165, 1.54) is 9.80 Å². The van der Waals surface area contributed by atoms with Crippen LogP contribution in [0.15, 0.2) is 30.9 Å². The summed E-state index contributed by atoms with van der Waals surface area (Å²) in [7, 11) is 0.